The Kier molecular flexibility index (Phi) is 4.59. The number of sulfone groups is 1. The maximum atomic E-state index is 13.0. The molecule has 0 N–H and O–H groups in total. The second-order valence-corrected chi connectivity index (χ2v) is 9.16. The van der Waals surface area contributed by atoms with E-state index in [9.17, 15) is 26.4 Å². The van der Waals surface area contributed by atoms with Crippen molar-refractivity contribution >= 4 is 21.4 Å². The number of nitrogens with zero attached hydrogens (tertiary/aromatic N) is 1. The molecule has 0 aromatic heterocycles. The van der Waals surface area contributed by atoms with E-state index in [4.69, 9.17) is 0 Å². The average Bonchev–Trinajstić information content (AvgIpc) is 3.30. The van der Waals surface area contributed by atoms with Gasteiger partial charge in [-0.3, -0.25) is 4.79 Å². The number of carbonyl (C=O) groups excluding carboxylic acids is 1. The van der Waals surface area contributed by atoms with Gasteiger partial charge in [0.05, 0.1) is 23.0 Å². The van der Waals surface area contributed by atoms with Gasteiger partial charge < -0.3 is 4.90 Å². The van der Waals surface area contributed by atoms with Crippen molar-refractivity contribution in [2.45, 2.75) is 38.4 Å². The number of carbonyl (C=O) groups is 1. The van der Waals surface area contributed by atoms with Crippen molar-refractivity contribution in [2.75, 3.05) is 16.4 Å². The van der Waals surface area contributed by atoms with E-state index in [2.05, 4.69) is 0 Å². The summed E-state index contributed by atoms with van der Waals surface area (Å²) >= 11 is 0. The monoisotopic (exact) mass is 375 g/mol. The molecule has 2 aliphatic rings. The number of alkyl halides is 3. The number of hydrogen-bond acceptors (Lipinski definition) is 3. The van der Waals surface area contributed by atoms with Gasteiger partial charge in [-0.25, -0.2) is 8.42 Å². The smallest absolute Gasteiger partial charge is 0.309 e. The summed E-state index contributed by atoms with van der Waals surface area (Å²) in [6, 6.07) is 4.45. The Balaban J connectivity index is 1.94. The van der Waals surface area contributed by atoms with Crippen LogP contribution in [0.25, 0.3) is 0 Å². The number of halogens is 3. The van der Waals surface area contributed by atoms with Gasteiger partial charge in [0, 0.05) is 11.7 Å². The zero-order chi connectivity index (χ0) is 18.4. The van der Waals surface area contributed by atoms with E-state index in [1.807, 2.05) is 6.92 Å². The number of benzene rings is 1. The highest BCUT2D eigenvalue weighted by Gasteiger charge is 2.41. The maximum absolute atomic E-state index is 13.0. The van der Waals surface area contributed by atoms with Gasteiger partial charge >= 0.3 is 6.18 Å². The van der Waals surface area contributed by atoms with Crippen LogP contribution in [0.5, 0.6) is 0 Å². The Bertz CT molecular complexity index is 772. The molecule has 1 saturated carbocycles. The lowest BCUT2D eigenvalue weighted by atomic mass is 10.0. The van der Waals surface area contributed by atoms with E-state index in [1.54, 1.807) is 0 Å². The van der Waals surface area contributed by atoms with E-state index in [0.29, 0.717) is 0 Å². The van der Waals surface area contributed by atoms with Crippen LogP contribution in [0.4, 0.5) is 18.9 Å². The third-order valence-corrected chi connectivity index (χ3v) is 6.75. The summed E-state index contributed by atoms with van der Waals surface area (Å²) in [6.07, 6.45) is -2.42. The van der Waals surface area contributed by atoms with Crippen molar-refractivity contribution < 1.29 is 26.4 Å². The lowest BCUT2D eigenvalue weighted by Crippen LogP contribution is -2.44. The van der Waals surface area contributed by atoms with Crippen LogP contribution >= 0.6 is 0 Å². The molecule has 8 heteroatoms. The Morgan fingerprint density at radius 1 is 1.24 bits per heavy atom. The van der Waals surface area contributed by atoms with Crippen LogP contribution in [0.15, 0.2) is 24.3 Å². The van der Waals surface area contributed by atoms with Gasteiger partial charge in [0.1, 0.15) is 0 Å². The molecule has 3 rings (SSSR count). The molecule has 1 aliphatic heterocycles. The highest BCUT2D eigenvalue weighted by molar-refractivity contribution is 7.91. The van der Waals surface area contributed by atoms with Crippen LogP contribution < -0.4 is 4.90 Å². The summed E-state index contributed by atoms with van der Waals surface area (Å²) < 4.78 is 62.4. The molecule has 2 fully saturated rings. The van der Waals surface area contributed by atoms with E-state index in [-0.39, 0.29) is 41.5 Å². The molecule has 2 unspecified atom stereocenters. The van der Waals surface area contributed by atoms with Crippen molar-refractivity contribution in [1.29, 1.82) is 0 Å². The normalized spacial score (nSPS) is 24.1. The topological polar surface area (TPSA) is 54.5 Å². The molecule has 2 atom stereocenters. The molecule has 0 spiro atoms. The highest BCUT2D eigenvalue weighted by atomic mass is 32.2. The third-order valence-electron chi connectivity index (χ3n) is 4.98. The number of rotatable bonds is 4. The third kappa shape index (κ3) is 3.99. The molecular weight excluding hydrogens is 355 g/mol. The molecule has 0 bridgehead atoms. The molecule has 1 amide bonds. The first-order chi connectivity index (χ1) is 11.6. The van der Waals surface area contributed by atoms with Crippen LogP contribution in [-0.4, -0.2) is 31.9 Å². The molecule has 1 aromatic rings. The van der Waals surface area contributed by atoms with E-state index < -0.39 is 27.5 Å². The molecule has 0 radical (unpaired) electrons. The molecule has 1 saturated heterocycles. The Morgan fingerprint density at radius 3 is 2.44 bits per heavy atom. The Hall–Kier alpha value is -1.57. The fourth-order valence-corrected chi connectivity index (χ4v) is 5.10. The SMILES string of the molecule is CC(C1CC1)N(C(=O)C1CCS(=O)(=O)C1)c1cccc(C(F)(F)F)c1. The number of anilines is 1. The van der Waals surface area contributed by atoms with Gasteiger partial charge in [-0.2, -0.15) is 13.2 Å². The van der Waals surface area contributed by atoms with Gasteiger partial charge in [0.2, 0.25) is 5.91 Å². The molecule has 4 nitrogen and oxygen atoms in total. The molecule has 138 valence electrons. The quantitative estimate of drug-likeness (QED) is 0.812. The average molecular weight is 375 g/mol. The summed E-state index contributed by atoms with van der Waals surface area (Å²) in [5.41, 5.74) is -0.631. The second-order valence-electron chi connectivity index (χ2n) is 6.93. The minimum atomic E-state index is -4.50. The maximum Gasteiger partial charge on any atom is 0.416 e. The van der Waals surface area contributed by atoms with Crippen LogP contribution in [0.3, 0.4) is 0 Å². The first kappa shape index (κ1) is 18.2. The predicted octanol–water partition coefficient (Wildman–Crippen LogP) is 3.27. The minimum absolute atomic E-state index is 0.0440. The zero-order valence-electron chi connectivity index (χ0n) is 13.8. The van der Waals surface area contributed by atoms with Crippen LogP contribution in [0.2, 0.25) is 0 Å². The number of amides is 1. The first-order valence-corrected chi connectivity index (χ1v) is 10.1. The first-order valence-electron chi connectivity index (χ1n) is 8.29. The zero-order valence-corrected chi connectivity index (χ0v) is 14.6. The number of hydrogen-bond donors (Lipinski definition) is 0. The summed E-state index contributed by atoms with van der Waals surface area (Å²) in [5.74, 6) is -1.09. The standard InChI is InChI=1S/C17H20F3NO3S/c1-11(12-5-6-12)21(16(22)13-7-8-25(23,24)10-13)15-4-2-3-14(9-15)17(18,19)20/h2-4,9,11-13H,5-8,10H2,1H3. The molecule has 1 heterocycles. The van der Waals surface area contributed by atoms with Crippen molar-refractivity contribution in [2.24, 2.45) is 11.8 Å². The fourth-order valence-electron chi connectivity index (χ4n) is 3.37. The fraction of sp³-hybridized carbons (Fsp3) is 0.588. The lowest BCUT2D eigenvalue weighted by molar-refractivity contribution is -0.137. The van der Waals surface area contributed by atoms with Gasteiger partial charge in [-0.1, -0.05) is 6.07 Å². The van der Waals surface area contributed by atoms with Gasteiger partial charge in [0.25, 0.3) is 0 Å². The highest BCUT2D eigenvalue weighted by Crippen LogP contribution is 2.39. The Morgan fingerprint density at radius 2 is 1.92 bits per heavy atom. The molecule has 1 aromatic carbocycles. The predicted molar refractivity (Wildman–Crippen MR) is 87.9 cm³/mol. The summed E-state index contributed by atoms with van der Waals surface area (Å²) in [6.45, 7) is 1.82. The van der Waals surface area contributed by atoms with Crippen LogP contribution in [0.1, 0.15) is 31.7 Å². The largest absolute Gasteiger partial charge is 0.416 e. The van der Waals surface area contributed by atoms with Crippen LogP contribution in [-0.2, 0) is 20.8 Å². The van der Waals surface area contributed by atoms with Crippen molar-refractivity contribution in [3.63, 3.8) is 0 Å². The lowest BCUT2D eigenvalue weighted by Gasteiger charge is -2.32. The molecular formula is C17H20F3NO3S. The van der Waals surface area contributed by atoms with Crippen molar-refractivity contribution in [3.05, 3.63) is 29.8 Å². The molecule has 1 aliphatic carbocycles. The minimum Gasteiger partial charge on any atom is -0.309 e. The summed E-state index contributed by atoms with van der Waals surface area (Å²) in [5, 5.41) is 0. The molecule has 25 heavy (non-hydrogen) atoms. The summed E-state index contributed by atoms with van der Waals surface area (Å²) in [7, 11) is -3.25. The van der Waals surface area contributed by atoms with Gasteiger partial charge in [0.15, 0.2) is 9.84 Å². The van der Waals surface area contributed by atoms with Gasteiger partial charge in [-0.15, -0.1) is 0 Å². The van der Waals surface area contributed by atoms with Gasteiger partial charge in [-0.05, 0) is 50.3 Å². The van der Waals surface area contributed by atoms with Crippen LogP contribution in [0, 0.1) is 11.8 Å². The second kappa shape index (κ2) is 6.30. The van der Waals surface area contributed by atoms with Crippen molar-refractivity contribution in [1.82, 2.24) is 0 Å². The van der Waals surface area contributed by atoms with Crippen molar-refractivity contribution in [3.8, 4) is 0 Å². The van der Waals surface area contributed by atoms with E-state index >= 15 is 0 Å². The van der Waals surface area contributed by atoms with E-state index in [0.717, 1.165) is 25.0 Å². The summed E-state index contributed by atoms with van der Waals surface area (Å²) in [4.78, 5) is 14.3. The van der Waals surface area contributed by atoms with E-state index in [1.165, 1.54) is 17.0 Å². The Labute approximate surface area is 144 Å².